The lowest BCUT2D eigenvalue weighted by Crippen LogP contribution is -2.35. The van der Waals surface area contributed by atoms with Crippen LogP contribution in [0, 0.1) is 0 Å². The quantitative estimate of drug-likeness (QED) is 0.808. The number of fused-ring (bicyclic) bond motifs is 1. The van der Waals surface area contributed by atoms with Crippen molar-refractivity contribution in [1.82, 2.24) is 4.90 Å². The average Bonchev–Trinajstić information content (AvgIpc) is 2.87. The van der Waals surface area contributed by atoms with Crippen LogP contribution in [0.1, 0.15) is 42.1 Å². The van der Waals surface area contributed by atoms with Crippen molar-refractivity contribution >= 4 is 23.2 Å². The normalized spacial score (nSPS) is 15.0. The number of hydrogen-bond acceptors (Lipinski definition) is 3. The van der Waals surface area contributed by atoms with E-state index in [4.69, 9.17) is 0 Å². The minimum absolute atomic E-state index is 0.0683. The Kier molecular flexibility index (Phi) is 4.85. The molecule has 2 aromatic rings. The molecule has 0 aromatic heterocycles. The van der Waals surface area contributed by atoms with E-state index in [2.05, 4.69) is 4.99 Å². The molecule has 0 N–H and O–H groups in total. The Labute approximate surface area is 141 Å². The molecule has 122 valence electrons. The number of hydrogen-bond donors (Lipinski definition) is 0. The van der Waals surface area contributed by atoms with Crippen LogP contribution in [0.3, 0.4) is 0 Å². The maximum absolute atomic E-state index is 12.7. The van der Waals surface area contributed by atoms with Gasteiger partial charge in [-0.3, -0.25) is 14.5 Å². The number of nitrogens with zero attached hydrogens (tertiary/aromatic N) is 2. The van der Waals surface area contributed by atoms with E-state index in [9.17, 15) is 9.59 Å². The van der Waals surface area contributed by atoms with Crippen LogP contribution in [-0.4, -0.2) is 29.0 Å². The van der Waals surface area contributed by atoms with Crippen molar-refractivity contribution < 1.29 is 9.59 Å². The Hall–Kier alpha value is -2.75. The zero-order chi connectivity index (χ0) is 16.9. The fraction of sp³-hybridized carbons (Fsp3) is 0.250. The van der Waals surface area contributed by atoms with E-state index in [0.29, 0.717) is 17.8 Å². The lowest BCUT2D eigenvalue weighted by Gasteiger charge is -2.16. The third-order valence-corrected chi connectivity index (χ3v) is 4.03. The van der Waals surface area contributed by atoms with Crippen LogP contribution in [0.15, 0.2) is 59.6 Å². The van der Waals surface area contributed by atoms with Gasteiger partial charge in [0.05, 0.1) is 17.8 Å². The number of unbranched alkanes of at least 4 members (excludes halogenated alkanes) is 1. The van der Waals surface area contributed by atoms with Gasteiger partial charge in [0.15, 0.2) is 5.78 Å². The van der Waals surface area contributed by atoms with Gasteiger partial charge in [0, 0.05) is 12.0 Å². The summed E-state index contributed by atoms with van der Waals surface area (Å²) in [6.07, 6.45) is 2.30. The fourth-order valence-corrected chi connectivity index (χ4v) is 2.77. The lowest BCUT2D eigenvalue weighted by atomic mass is 10.1. The Bertz CT molecular complexity index is 781. The number of carbonyl (C=O) groups excluding carboxylic acids is 2. The van der Waals surface area contributed by atoms with Crippen molar-refractivity contribution in [2.45, 2.75) is 26.2 Å². The number of aliphatic imine (C=N–C) groups is 1. The lowest BCUT2D eigenvalue weighted by molar-refractivity contribution is -0.119. The third kappa shape index (κ3) is 3.27. The number of amidine groups is 1. The zero-order valence-corrected chi connectivity index (χ0v) is 13.7. The molecule has 0 unspecified atom stereocenters. The summed E-state index contributed by atoms with van der Waals surface area (Å²) in [6.45, 7) is 2.13. The number of benzene rings is 2. The van der Waals surface area contributed by atoms with Crippen molar-refractivity contribution in [3.8, 4) is 0 Å². The molecular formula is C20H20N2O2. The molecule has 0 bridgehead atoms. The number of rotatable bonds is 6. The topological polar surface area (TPSA) is 49.7 Å². The van der Waals surface area contributed by atoms with Gasteiger partial charge < -0.3 is 0 Å². The largest absolute Gasteiger partial charge is 0.298 e. The Morgan fingerprint density at radius 1 is 1.00 bits per heavy atom. The van der Waals surface area contributed by atoms with Gasteiger partial charge in [-0.25, -0.2) is 4.99 Å². The van der Waals surface area contributed by atoms with Gasteiger partial charge >= 0.3 is 0 Å². The molecule has 1 heterocycles. The summed E-state index contributed by atoms with van der Waals surface area (Å²) in [5.74, 6) is 0.482. The van der Waals surface area contributed by atoms with E-state index in [1.54, 1.807) is 6.07 Å². The van der Waals surface area contributed by atoms with E-state index in [0.717, 1.165) is 24.1 Å². The number of amides is 1. The second kappa shape index (κ2) is 7.21. The second-order valence-corrected chi connectivity index (χ2v) is 5.85. The Morgan fingerprint density at radius 2 is 1.67 bits per heavy atom. The van der Waals surface area contributed by atoms with Crippen LogP contribution in [0.2, 0.25) is 0 Å². The molecule has 1 aliphatic heterocycles. The molecule has 0 aliphatic carbocycles. The highest BCUT2D eigenvalue weighted by Crippen LogP contribution is 2.26. The third-order valence-electron chi connectivity index (χ3n) is 4.03. The van der Waals surface area contributed by atoms with Crippen molar-refractivity contribution in [2.75, 3.05) is 6.54 Å². The van der Waals surface area contributed by atoms with E-state index >= 15 is 0 Å². The molecule has 1 amide bonds. The molecular weight excluding hydrogens is 300 g/mol. The van der Waals surface area contributed by atoms with Crippen molar-refractivity contribution in [2.24, 2.45) is 4.99 Å². The summed E-state index contributed by atoms with van der Waals surface area (Å²) < 4.78 is 0. The minimum Gasteiger partial charge on any atom is -0.298 e. The molecule has 0 saturated carbocycles. The second-order valence-electron chi connectivity index (χ2n) is 5.85. The molecule has 1 aliphatic rings. The molecule has 0 fully saturated rings. The maximum atomic E-state index is 12.7. The SMILES string of the molecule is CCCCC(=O)CN1C(=O)c2ccccc2C1=Nc1ccccc1. The van der Waals surface area contributed by atoms with Gasteiger partial charge in [-0.05, 0) is 24.6 Å². The molecule has 0 saturated heterocycles. The summed E-state index contributed by atoms with van der Waals surface area (Å²) in [6, 6.07) is 16.9. The molecule has 2 aromatic carbocycles. The van der Waals surface area contributed by atoms with Crippen molar-refractivity contribution in [1.29, 1.82) is 0 Å². The van der Waals surface area contributed by atoms with Crippen LogP contribution in [-0.2, 0) is 4.79 Å². The fourth-order valence-electron chi connectivity index (χ4n) is 2.77. The minimum atomic E-state index is -0.148. The van der Waals surface area contributed by atoms with Gasteiger partial charge in [0.1, 0.15) is 5.84 Å². The van der Waals surface area contributed by atoms with Crippen LogP contribution < -0.4 is 0 Å². The smallest absolute Gasteiger partial charge is 0.260 e. The molecule has 0 radical (unpaired) electrons. The number of Topliss-reactive ketones (excluding diaryl/α,β-unsaturated/α-hetero) is 1. The van der Waals surface area contributed by atoms with Crippen LogP contribution in [0.4, 0.5) is 5.69 Å². The first-order chi connectivity index (χ1) is 11.7. The standard InChI is InChI=1S/C20H20N2O2/c1-2-3-11-16(23)14-22-19(21-15-9-5-4-6-10-15)17-12-7-8-13-18(17)20(22)24/h4-10,12-13H,2-3,11,14H2,1H3. The molecule has 4 heteroatoms. The van der Waals surface area contributed by atoms with Gasteiger partial charge in [-0.1, -0.05) is 49.7 Å². The van der Waals surface area contributed by atoms with E-state index in [1.165, 1.54) is 4.90 Å². The van der Waals surface area contributed by atoms with E-state index in [-0.39, 0.29) is 18.2 Å². The molecule has 3 rings (SSSR count). The molecule has 24 heavy (non-hydrogen) atoms. The highest BCUT2D eigenvalue weighted by molar-refractivity contribution is 6.24. The predicted molar refractivity (Wildman–Crippen MR) is 94.6 cm³/mol. The van der Waals surface area contributed by atoms with Crippen LogP contribution in [0.5, 0.6) is 0 Å². The summed E-state index contributed by atoms with van der Waals surface area (Å²) in [4.78, 5) is 31.0. The van der Waals surface area contributed by atoms with Crippen molar-refractivity contribution in [3.63, 3.8) is 0 Å². The van der Waals surface area contributed by atoms with Gasteiger partial charge in [-0.2, -0.15) is 0 Å². The van der Waals surface area contributed by atoms with Gasteiger partial charge in [0.25, 0.3) is 5.91 Å². The Morgan fingerprint density at radius 3 is 2.38 bits per heavy atom. The van der Waals surface area contributed by atoms with E-state index < -0.39 is 0 Å². The van der Waals surface area contributed by atoms with Gasteiger partial charge in [-0.15, -0.1) is 0 Å². The highest BCUT2D eigenvalue weighted by Gasteiger charge is 2.34. The predicted octanol–water partition coefficient (Wildman–Crippen LogP) is 3.98. The molecule has 0 atom stereocenters. The first-order valence-electron chi connectivity index (χ1n) is 8.27. The number of carbonyl (C=O) groups is 2. The first kappa shape index (κ1) is 16.1. The first-order valence-corrected chi connectivity index (χ1v) is 8.27. The highest BCUT2D eigenvalue weighted by atomic mass is 16.2. The van der Waals surface area contributed by atoms with Crippen LogP contribution in [0.25, 0.3) is 0 Å². The summed E-state index contributed by atoms with van der Waals surface area (Å²) in [7, 11) is 0. The number of para-hydroxylation sites is 1. The average molecular weight is 320 g/mol. The number of ketones is 1. The Balaban J connectivity index is 1.96. The van der Waals surface area contributed by atoms with Crippen LogP contribution >= 0.6 is 0 Å². The monoisotopic (exact) mass is 320 g/mol. The molecule has 4 nitrogen and oxygen atoms in total. The van der Waals surface area contributed by atoms with Gasteiger partial charge in [0.2, 0.25) is 0 Å². The maximum Gasteiger partial charge on any atom is 0.260 e. The molecule has 0 spiro atoms. The van der Waals surface area contributed by atoms with E-state index in [1.807, 2.05) is 55.5 Å². The zero-order valence-electron chi connectivity index (χ0n) is 13.7. The summed E-state index contributed by atoms with van der Waals surface area (Å²) in [5, 5.41) is 0. The summed E-state index contributed by atoms with van der Waals surface area (Å²) in [5.41, 5.74) is 2.16. The summed E-state index contributed by atoms with van der Waals surface area (Å²) >= 11 is 0. The van der Waals surface area contributed by atoms with Crippen molar-refractivity contribution in [3.05, 3.63) is 65.7 Å².